The van der Waals surface area contributed by atoms with Crippen molar-refractivity contribution in [3.05, 3.63) is 29.8 Å². The first-order valence-electron chi connectivity index (χ1n) is 9.63. The fourth-order valence-corrected chi connectivity index (χ4v) is 3.33. The Balaban J connectivity index is 1.94. The van der Waals surface area contributed by atoms with Gasteiger partial charge in [0.05, 0.1) is 6.61 Å². The Morgan fingerprint density at radius 2 is 2.12 bits per heavy atom. The predicted octanol–water partition coefficient (Wildman–Crippen LogP) is 2.91. The lowest BCUT2D eigenvalue weighted by Crippen LogP contribution is -2.40. The molecule has 5 heteroatoms. The van der Waals surface area contributed by atoms with Gasteiger partial charge in [-0.3, -0.25) is 4.99 Å². The van der Waals surface area contributed by atoms with E-state index in [1.54, 1.807) is 0 Å². The number of rotatable bonds is 9. The first-order valence-corrected chi connectivity index (χ1v) is 9.63. The minimum Gasteiger partial charge on any atom is -0.493 e. The number of ether oxygens (including phenoxy) is 1. The number of aliphatic imine (C=N–C) groups is 1. The van der Waals surface area contributed by atoms with Gasteiger partial charge in [0.15, 0.2) is 5.96 Å². The molecule has 1 aromatic rings. The smallest absolute Gasteiger partial charge is 0.191 e. The van der Waals surface area contributed by atoms with E-state index in [9.17, 15) is 5.11 Å². The van der Waals surface area contributed by atoms with Crippen LogP contribution >= 0.6 is 0 Å². The summed E-state index contributed by atoms with van der Waals surface area (Å²) >= 11 is 0. The van der Waals surface area contributed by atoms with Crippen LogP contribution in [0.15, 0.2) is 29.3 Å². The van der Waals surface area contributed by atoms with Gasteiger partial charge >= 0.3 is 0 Å². The first kappa shape index (κ1) is 19.6. The van der Waals surface area contributed by atoms with Crippen LogP contribution in [0, 0.1) is 5.92 Å². The molecule has 25 heavy (non-hydrogen) atoms. The molecule has 0 aliphatic carbocycles. The van der Waals surface area contributed by atoms with E-state index in [0.29, 0.717) is 11.8 Å². The zero-order valence-corrected chi connectivity index (χ0v) is 15.6. The maximum Gasteiger partial charge on any atom is 0.191 e. The molecule has 1 heterocycles. The Kier molecular flexibility index (Phi) is 8.60. The second kappa shape index (κ2) is 11.0. The molecule has 0 radical (unpaired) electrons. The molecule has 3 N–H and O–H groups in total. The van der Waals surface area contributed by atoms with Gasteiger partial charge in [-0.2, -0.15) is 0 Å². The normalized spacial score (nSPS) is 18.2. The summed E-state index contributed by atoms with van der Waals surface area (Å²) in [5.41, 5.74) is 1.28. The SMILES string of the molecule is CCCC(CCO)CN=C(NCC)NCC1CCOc2ccccc21. The van der Waals surface area contributed by atoms with Crippen molar-refractivity contribution in [2.75, 3.05) is 32.8 Å². The van der Waals surface area contributed by atoms with E-state index < -0.39 is 0 Å². The summed E-state index contributed by atoms with van der Waals surface area (Å²) < 4.78 is 5.74. The van der Waals surface area contributed by atoms with Gasteiger partial charge in [0.1, 0.15) is 5.75 Å². The Bertz CT molecular complexity index is 527. The van der Waals surface area contributed by atoms with Gasteiger partial charge in [0.25, 0.3) is 0 Å². The lowest BCUT2D eigenvalue weighted by Gasteiger charge is -2.26. The van der Waals surface area contributed by atoms with E-state index in [-0.39, 0.29) is 6.61 Å². The van der Waals surface area contributed by atoms with Gasteiger partial charge in [-0.15, -0.1) is 0 Å². The molecule has 0 aromatic heterocycles. The first-order chi connectivity index (χ1) is 12.3. The second-order valence-corrected chi connectivity index (χ2v) is 6.64. The molecule has 140 valence electrons. The number of para-hydroxylation sites is 1. The van der Waals surface area contributed by atoms with Crippen LogP contribution in [0.3, 0.4) is 0 Å². The van der Waals surface area contributed by atoms with Crippen molar-refractivity contribution >= 4 is 5.96 Å². The van der Waals surface area contributed by atoms with Crippen molar-refractivity contribution < 1.29 is 9.84 Å². The molecule has 0 amide bonds. The average molecular weight is 348 g/mol. The third kappa shape index (κ3) is 6.24. The van der Waals surface area contributed by atoms with Gasteiger partial charge in [-0.05, 0) is 43.7 Å². The number of aliphatic hydroxyl groups is 1. The molecule has 2 rings (SSSR count). The zero-order valence-electron chi connectivity index (χ0n) is 15.6. The molecule has 1 aromatic carbocycles. The molecule has 5 nitrogen and oxygen atoms in total. The molecule has 0 fully saturated rings. The number of nitrogens with one attached hydrogen (secondary N) is 2. The lowest BCUT2D eigenvalue weighted by molar-refractivity contribution is 0.253. The second-order valence-electron chi connectivity index (χ2n) is 6.64. The number of benzene rings is 1. The number of guanidine groups is 1. The summed E-state index contributed by atoms with van der Waals surface area (Å²) in [6.45, 7) is 7.72. The van der Waals surface area contributed by atoms with Gasteiger partial charge in [0, 0.05) is 32.2 Å². The Morgan fingerprint density at radius 3 is 2.88 bits per heavy atom. The van der Waals surface area contributed by atoms with Crippen LogP contribution in [0.5, 0.6) is 5.75 Å². The van der Waals surface area contributed by atoms with Gasteiger partial charge in [-0.25, -0.2) is 0 Å². The standard InChI is InChI=1S/C20H33N3O2/c1-3-7-16(10-12-24)14-22-20(21-4-2)23-15-17-11-13-25-19-9-6-5-8-18(17)19/h5-6,8-9,16-17,24H,3-4,7,10-15H2,1-2H3,(H2,21,22,23). The highest BCUT2D eigenvalue weighted by molar-refractivity contribution is 5.79. The third-order valence-electron chi connectivity index (χ3n) is 4.68. The van der Waals surface area contributed by atoms with E-state index in [1.807, 2.05) is 12.1 Å². The van der Waals surface area contributed by atoms with Crippen molar-refractivity contribution in [3.63, 3.8) is 0 Å². The Labute approximate surface area is 151 Å². The van der Waals surface area contributed by atoms with Crippen molar-refractivity contribution in [2.24, 2.45) is 10.9 Å². The molecular formula is C20H33N3O2. The largest absolute Gasteiger partial charge is 0.493 e. The lowest BCUT2D eigenvalue weighted by atomic mass is 9.93. The predicted molar refractivity (Wildman–Crippen MR) is 103 cm³/mol. The van der Waals surface area contributed by atoms with E-state index >= 15 is 0 Å². The maximum absolute atomic E-state index is 9.21. The maximum atomic E-state index is 9.21. The molecule has 2 atom stereocenters. The quantitative estimate of drug-likeness (QED) is 0.475. The molecule has 0 spiro atoms. The summed E-state index contributed by atoms with van der Waals surface area (Å²) in [6.07, 6.45) is 4.08. The number of hydrogen-bond donors (Lipinski definition) is 3. The van der Waals surface area contributed by atoms with Gasteiger partial charge in [-0.1, -0.05) is 31.5 Å². The molecule has 2 unspecified atom stereocenters. The number of fused-ring (bicyclic) bond motifs is 1. The Morgan fingerprint density at radius 1 is 1.28 bits per heavy atom. The monoisotopic (exact) mass is 347 g/mol. The number of nitrogens with zero attached hydrogens (tertiary/aromatic N) is 1. The van der Waals surface area contributed by atoms with E-state index in [1.165, 1.54) is 5.56 Å². The van der Waals surface area contributed by atoms with Crippen LogP contribution in [0.1, 0.15) is 51.0 Å². The van der Waals surface area contributed by atoms with Crippen LogP contribution in [-0.4, -0.2) is 43.9 Å². The van der Waals surface area contributed by atoms with E-state index in [0.717, 1.165) is 63.6 Å². The average Bonchev–Trinajstić information content (AvgIpc) is 2.64. The van der Waals surface area contributed by atoms with Crippen LogP contribution in [-0.2, 0) is 0 Å². The summed E-state index contributed by atoms with van der Waals surface area (Å²) in [6, 6.07) is 8.30. The molecule has 0 saturated heterocycles. The molecule has 0 saturated carbocycles. The summed E-state index contributed by atoms with van der Waals surface area (Å²) in [4.78, 5) is 4.74. The molecule has 1 aliphatic heterocycles. The van der Waals surface area contributed by atoms with Crippen LogP contribution < -0.4 is 15.4 Å². The third-order valence-corrected chi connectivity index (χ3v) is 4.68. The number of hydrogen-bond acceptors (Lipinski definition) is 3. The highest BCUT2D eigenvalue weighted by atomic mass is 16.5. The van der Waals surface area contributed by atoms with Crippen molar-refractivity contribution in [3.8, 4) is 5.75 Å². The van der Waals surface area contributed by atoms with Crippen molar-refractivity contribution in [1.82, 2.24) is 10.6 Å². The van der Waals surface area contributed by atoms with Gasteiger partial charge < -0.3 is 20.5 Å². The topological polar surface area (TPSA) is 65.9 Å². The minimum atomic E-state index is 0.239. The van der Waals surface area contributed by atoms with E-state index in [4.69, 9.17) is 9.73 Å². The van der Waals surface area contributed by atoms with Crippen molar-refractivity contribution in [2.45, 2.75) is 45.4 Å². The molecule has 1 aliphatic rings. The van der Waals surface area contributed by atoms with Crippen LogP contribution in [0.2, 0.25) is 0 Å². The zero-order chi connectivity index (χ0) is 17.9. The Hall–Kier alpha value is -1.75. The van der Waals surface area contributed by atoms with Gasteiger partial charge in [0.2, 0.25) is 0 Å². The fraction of sp³-hybridized carbons (Fsp3) is 0.650. The summed E-state index contributed by atoms with van der Waals surface area (Å²) in [5, 5.41) is 16.0. The minimum absolute atomic E-state index is 0.239. The highest BCUT2D eigenvalue weighted by Gasteiger charge is 2.21. The van der Waals surface area contributed by atoms with Crippen molar-refractivity contribution in [1.29, 1.82) is 0 Å². The number of aliphatic hydroxyl groups excluding tert-OH is 1. The molecule has 0 bridgehead atoms. The molecular weight excluding hydrogens is 314 g/mol. The van der Waals surface area contributed by atoms with Crippen LogP contribution in [0.25, 0.3) is 0 Å². The fourth-order valence-electron chi connectivity index (χ4n) is 3.33. The van der Waals surface area contributed by atoms with Crippen LogP contribution in [0.4, 0.5) is 0 Å². The van der Waals surface area contributed by atoms with E-state index in [2.05, 4.69) is 36.6 Å². The summed E-state index contributed by atoms with van der Waals surface area (Å²) in [7, 11) is 0. The highest BCUT2D eigenvalue weighted by Crippen LogP contribution is 2.32. The summed E-state index contributed by atoms with van der Waals surface area (Å²) in [5.74, 6) is 2.77.